The van der Waals surface area contributed by atoms with Gasteiger partial charge in [0.05, 0.1) is 0 Å². The van der Waals surface area contributed by atoms with Gasteiger partial charge < -0.3 is 19.7 Å². The van der Waals surface area contributed by atoms with Crippen LogP contribution in [0.5, 0.6) is 0 Å². The van der Waals surface area contributed by atoms with Gasteiger partial charge in [-0.05, 0) is 6.92 Å². The Kier molecular flexibility index (Phi) is 2.70. The smallest absolute Gasteiger partial charge is 0.450 e. The molecule has 0 radical (unpaired) electrons. The Bertz CT molecular complexity index is 290. The average molecular weight is 334 g/mol. The minimum Gasteiger partial charge on any atom is -0.450 e. The average Bonchev–Trinajstić information content (AvgIpc) is 2.31. The van der Waals surface area contributed by atoms with Crippen molar-refractivity contribution in [2.24, 2.45) is 0 Å². The standard InChI is InChI=1S/C6H6Br2O6/c1-5(14-4(11)12)2(6(5,7)8)13-3(9)10/h2H,1H3,(H,9,10)(H,11,12)/t2-,5-/m1/s1. The molecule has 0 spiro atoms. The molecular formula is C6H6Br2O6. The van der Waals surface area contributed by atoms with Crippen molar-refractivity contribution >= 4 is 44.2 Å². The molecule has 6 nitrogen and oxygen atoms in total. The Labute approximate surface area is 95.4 Å². The van der Waals surface area contributed by atoms with Crippen LogP contribution in [0.15, 0.2) is 0 Å². The molecule has 0 aliphatic heterocycles. The molecule has 0 saturated heterocycles. The molecule has 8 heteroatoms. The summed E-state index contributed by atoms with van der Waals surface area (Å²) in [5.74, 6) is 0. The number of rotatable bonds is 2. The lowest BCUT2D eigenvalue weighted by Gasteiger charge is -2.09. The highest BCUT2D eigenvalue weighted by Gasteiger charge is 2.79. The van der Waals surface area contributed by atoms with Gasteiger partial charge >= 0.3 is 12.3 Å². The maximum Gasteiger partial charge on any atom is 0.506 e. The van der Waals surface area contributed by atoms with E-state index in [4.69, 9.17) is 10.2 Å². The fraction of sp³-hybridized carbons (Fsp3) is 0.667. The SMILES string of the molecule is C[C@@]1(OC(=O)O)[C@@H](OC(=O)O)C1(Br)Br. The second-order valence-electron chi connectivity index (χ2n) is 2.86. The van der Waals surface area contributed by atoms with Crippen LogP contribution in [0, 0.1) is 0 Å². The molecule has 2 N–H and O–H groups in total. The van der Waals surface area contributed by atoms with Gasteiger partial charge in [0.2, 0.25) is 0 Å². The summed E-state index contributed by atoms with van der Waals surface area (Å²) >= 11 is 6.14. The van der Waals surface area contributed by atoms with E-state index in [1.807, 2.05) is 0 Å². The van der Waals surface area contributed by atoms with Gasteiger partial charge in [0.15, 0.2) is 14.9 Å². The van der Waals surface area contributed by atoms with Crippen molar-refractivity contribution in [2.45, 2.75) is 21.9 Å². The first-order valence-electron chi connectivity index (χ1n) is 3.41. The minimum absolute atomic E-state index is 0.913. The van der Waals surface area contributed by atoms with E-state index >= 15 is 0 Å². The number of halogens is 2. The maximum atomic E-state index is 10.3. The fourth-order valence-electron chi connectivity index (χ4n) is 1.06. The van der Waals surface area contributed by atoms with E-state index in [-0.39, 0.29) is 0 Å². The van der Waals surface area contributed by atoms with Crippen LogP contribution >= 0.6 is 31.9 Å². The Morgan fingerprint density at radius 3 is 2.14 bits per heavy atom. The predicted molar refractivity (Wildman–Crippen MR) is 51.0 cm³/mol. The second kappa shape index (κ2) is 3.27. The van der Waals surface area contributed by atoms with Gasteiger partial charge in [-0.25, -0.2) is 9.59 Å². The molecule has 80 valence electrons. The summed E-state index contributed by atoms with van der Waals surface area (Å²) < 4.78 is 7.94. The molecule has 2 atom stereocenters. The summed E-state index contributed by atoms with van der Waals surface area (Å²) in [4.78, 5) is 20.6. The molecule has 0 heterocycles. The third-order valence-corrected chi connectivity index (χ3v) is 4.33. The van der Waals surface area contributed by atoms with Gasteiger partial charge in [0.25, 0.3) is 0 Å². The normalized spacial score (nSPS) is 33.2. The number of hydrogen-bond donors (Lipinski definition) is 2. The minimum atomic E-state index is -1.49. The lowest BCUT2D eigenvalue weighted by Crippen LogP contribution is -2.23. The van der Waals surface area contributed by atoms with Crippen LogP contribution in [0.2, 0.25) is 0 Å². The first-order chi connectivity index (χ1) is 6.22. The summed E-state index contributed by atoms with van der Waals surface area (Å²) in [5, 5.41) is 16.8. The molecule has 1 fully saturated rings. The first kappa shape index (κ1) is 11.6. The number of hydrogen-bond acceptors (Lipinski definition) is 4. The maximum absolute atomic E-state index is 10.3. The molecular weight excluding hydrogens is 328 g/mol. The molecule has 1 saturated carbocycles. The largest absolute Gasteiger partial charge is 0.506 e. The predicted octanol–water partition coefficient (Wildman–Crippen LogP) is 2.00. The van der Waals surface area contributed by atoms with Crippen molar-refractivity contribution in [1.82, 2.24) is 0 Å². The van der Waals surface area contributed by atoms with Crippen molar-refractivity contribution in [2.75, 3.05) is 0 Å². The monoisotopic (exact) mass is 332 g/mol. The highest BCUT2D eigenvalue weighted by Crippen LogP contribution is 2.63. The Morgan fingerprint density at radius 2 is 1.79 bits per heavy atom. The highest BCUT2D eigenvalue weighted by atomic mass is 79.9. The van der Waals surface area contributed by atoms with E-state index in [9.17, 15) is 9.59 Å². The van der Waals surface area contributed by atoms with Gasteiger partial charge in [0.1, 0.15) is 0 Å². The van der Waals surface area contributed by atoms with Crippen LogP contribution < -0.4 is 0 Å². The van der Waals surface area contributed by atoms with E-state index in [0.29, 0.717) is 0 Å². The lowest BCUT2D eigenvalue weighted by atomic mass is 10.4. The lowest BCUT2D eigenvalue weighted by molar-refractivity contribution is 0.00846. The van der Waals surface area contributed by atoms with E-state index < -0.39 is 27.2 Å². The zero-order valence-electron chi connectivity index (χ0n) is 6.86. The van der Waals surface area contributed by atoms with E-state index in [2.05, 4.69) is 41.3 Å². The van der Waals surface area contributed by atoms with Crippen molar-refractivity contribution in [1.29, 1.82) is 0 Å². The van der Waals surface area contributed by atoms with Crippen molar-refractivity contribution in [3.05, 3.63) is 0 Å². The molecule has 0 amide bonds. The summed E-state index contributed by atoms with van der Waals surface area (Å²) in [6, 6.07) is 0. The van der Waals surface area contributed by atoms with E-state index in [1.54, 1.807) is 0 Å². The van der Waals surface area contributed by atoms with Gasteiger partial charge in [-0.15, -0.1) is 0 Å². The molecule has 1 aliphatic carbocycles. The molecule has 0 aromatic heterocycles. The molecule has 0 aromatic carbocycles. The Morgan fingerprint density at radius 1 is 1.29 bits per heavy atom. The summed E-state index contributed by atoms with van der Waals surface area (Å²) in [7, 11) is 0. The topological polar surface area (TPSA) is 93.1 Å². The van der Waals surface area contributed by atoms with Crippen LogP contribution in [-0.2, 0) is 9.47 Å². The van der Waals surface area contributed by atoms with Gasteiger partial charge in [-0.3, -0.25) is 0 Å². The number of alkyl halides is 2. The van der Waals surface area contributed by atoms with Crippen LogP contribution in [0.1, 0.15) is 6.92 Å². The van der Waals surface area contributed by atoms with Gasteiger partial charge in [0, 0.05) is 0 Å². The zero-order valence-corrected chi connectivity index (χ0v) is 10.0. The second-order valence-corrected chi connectivity index (χ2v) is 6.43. The van der Waals surface area contributed by atoms with Crippen molar-refractivity contribution in [3.8, 4) is 0 Å². The highest BCUT2D eigenvalue weighted by molar-refractivity contribution is 9.25. The third-order valence-electron chi connectivity index (χ3n) is 1.93. The summed E-state index contributed by atoms with van der Waals surface area (Å²) in [6.07, 6.45) is -3.90. The molecule has 14 heavy (non-hydrogen) atoms. The van der Waals surface area contributed by atoms with Crippen LogP contribution in [0.3, 0.4) is 0 Å². The van der Waals surface area contributed by atoms with E-state index in [0.717, 1.165) is 0 Å². The molecule has 1 aliphatic rings. The number of carboxylic acid groups (broad SMARTS) is 2. The van der Waals surface area contributed by atoms with Gasteiger partial charge in [-0.1, -0.05) is 31.9 Å². The molecule has 0 aromatic rings. The van der Waals surface area contributed by atoms with Crippen molar-refractivity contribution < 1.29 is 29.3 Å². The van der Waals surface area contributed by atoms with Crippen LogP contribution in [-0.4, -0.2) is 37.5 Å². The Hall–Kier alpha value is -0.500. The molecule has 1 rings (SSSR count). The molecule has 0 unspecified atom stereocenters. The Balaban J connectivity index is 2.72. The fourth-order valence-corrected chi connectivity index (χ4v) is 2.47. The number of carbonyl (C=O) groups is 2. The van der Waals surface area contributed by atoms with E-state index in [1.165, 1.54) is 6.92 Å². The molecule has 0 bridgehead atoms. The first-order valence-corrected chi connectivity index (χ1v) is 4.99. The van der Waals surface area contributed by atoms with Crippen LogP contribution in [0.4, 0.5) is 9.59 Å². The number of ether oxygens (including phenoxy) is 2. The van der Waals surface area contributed by atoms with Crippen LogP contribution in [0.25, 0.3) is 0 Å². The quantitative estimate of drug-likeness (QED) is 0.593. The van der Waals surface area contributed by atoms with Crippen molar-refractivity contribution in [3.63, 3.8) is 0 Å². The summed E-state index contributed by atoms with van der Waals surface area (Å²) in [6.45, 7) is 1.41. The third kappa shape index (κ3) is 1.68. The zero-order chi connectivity index (χ0) is 11.1. The van der Waals surface area contributed by atoms with Gasteiger partial charge in [-0.2, -0.15) is 0 Å². The summed E-state index contributed by atoms with van der Waals surface area (Å²) in [5.41, 5.74) is -1.25.